The van der Waals surface area contributed by atoms with Crippen LogP contribution in [-0.2, 0) is 6.42 Å². The van der Waals surface area contributed by atoms with Crippen molar-refractivity contribution in [2.24, 2.45) is 5.92 Å². The standard InChI is InChI=1S/C17H21N3O/c1-3-4-5-7-12(2)14-8-6-9-15-18-17(19-20(14)15)16(21)13-10-11-13/h3-5,7,13-14H,2,6,8-11H2,1H3/b4-3-,7-5-/t14-/m0/s1. The Morgan fingerprint density at radius 2 is 2.14 bits per heavy atom. The molecule has 1 aliphatic carbocycles. The summed E-state index contributed by atoms with van der Waals surface area (Å²) in [6.07, 6.45) is 12.9. The van der Waals surface area contributed by atoms with E-state index in [0.29, 0.717) is 5.82 Å². The molecule has 1 aromatic heterocycles. The molecule has 0 saturated heterocycles. The lowest BCUT2D eigenvalue weighted by Crippen LogP contribution is -2.20. The molecule has 0 radical (unpaired) electrons. The molecule has 0 bridgehead atoms. The van der Waals surface area contributed by atoms with E-state index in [1.807, 2.05) is 35.9 Å². The second-order valence-corrected chi connectivity index (χ2v) is 5.80. The molecule has 1 aromatic rings. The van der Waals surface area contributed by atoms with Gasteiger partial charge in [-0.05, 0) is 38.2 Å². The van der Waals surface area contributed by atoms with Gasteiger partial charge in [-0.25, -0.2) is 9.67 Å². The number of ketones is 1. The molecule has 4 nitrogen and oxygen atoms in total. The number of aryl methyl sites for hydroxylation is 1. The first-order valence-corrected chi connectivity index (χ1v) is 7.68. The highest BCUT2D eigenvalue weighted by Gasteiger charge is 2.34. The van der Waals surface area contributed by atoms with Crippen LogP contribution in [-0.4, -0.2) is 20.5 Å². The zero-order valence-electron chi connectivity index (χ0n) is 12.5. The summed E-state index contributed by atoms with van der Waals surface area (Å²) in [6.45, 7) is 6.14. The van der Waals surface area contributed by atoms with E-state index in [1.54, 1.807) is 0 Å². The Balaban J connectivity index is 1.83. The van der Waals surface area contributed by atoms with Gasteiger partial charge in [0.15, 0.2) is 0 Å². The number of nitrogens with zero attached hydrogens (tertiary/aromatic N) is 3. The Bertz CT molecular complexity index is 620. The lowest BCUT2D eigenvalue weighted by molar-refractivity contribution is 0.0957. The first kappa shape index (κ1) is 14.0. The summed E-state index contributed by atoms with van der Waals surface area (Å²) in [4.78, 5) is 16.6. The maximum absolute atomic E-state index is 12.1. The van der Waals surface area contributed by atoms with E-state index in [-0.39, 0.29) is 17.7 Å². The molecule has 0 spiro atoms. The van der Waals surface area contributed by atoms with E-state index in [1.165, 1.54) is 0 Å². The van der Waals surface area contributed by atoms with Gasteiger partial charge in [0.05, 0.1) is 6.04 Å². The van der Waals surface area contributed by atoms with Crippen LogP contribution in [0.5, 0.6) is 0 Å². The molecule has 3 rings (SSSR count). The van der Waals surface area contributed by atoms with Gasteiger partial charge in [0.25, 0.3) is 0 Å². The van der Waals surface area contributed by atoms with Gasteiger partial charge in [-0.15, -0.1) is 5.10 Å². The van der Waals surface area contributed by atoms with Gasteiger partial charge < -0.3 is 0 Å². The highest BCUT2D eigenvalue weighted by Crippen LogP contribution is 2.33. The third kappa shape index (κ3) is 2.89. The van der Waals surface area contributed by atoms with Crippen molar-refractivity contribution in [3.63, 3.8) is 0 Å². The Kier molecular flexibility index (Phi) is 3.86. The van der Waals surface area contributed by atoms with E-state index in [2.05, 4.69) is 16.7 Å². The highest BCUT2D eigenvalue weighted by molar-refractivity contribution is 5.95. The quantitative estimate of drug-likeness (QED) is 0.614. The number of fused-ring (bicyclic) bond motifs is 1. The average molecular weight is 283 g/mol. The van der Waals surface area contributed by atoms with Crippen molar-refractivity contribution in [1.29, 1.82) is 0 Å². The summed E-state index contributed by atoms with van der Waals surface area (Å²) >= 11 is 0. The smallest absolute Gasteiger partial charge is 0.217 e. The van der Waals surface area contributed by atoms with Crippen LogP contribution in [0.25, 0.3) is 0 Å². The Labute approximate surface area is 125 Å². The van der Waals surface area contributed by atoms with E-state index >= 15 is 0 Å². The molecular weight excluding hydrogens is 262 g/mol. The lowest BCUT2D eigenvalue weighted by atomic mass is 9.98. The number of aromatic nitrogens is 3. The summed E-state index contributed by atoms with van der Waals surface area (Å²) in [7, 11) is 0. The molecule has 1 saturated carbocycles. The van der Waals surface area contributed by atoms with Gasteiger partial charge in [0.1, 0.15) is 5.82 Å². The fourth-order valence-corrected chi connectivity index (χ4v) is 2.73. The van der Waals surface area contributed by atoms with E-state index in [0.717, 1.165) is 43.5 Å². The molecule has 0 amide bonds. The SMILES string of the molecule is C=C(/C=C\C=C/C)[C@@H]1CCCc2nc(C(=O)C3CC3)nn21. The van der Waals surface area contributed by atoms with Crippen LogP contribution in [0, 0.1) is 5.92 Å². The largest absolute Gasteiger partial charge is 0.290 e. The molecule has 21 heavy (non-hydrogen) atoms. The van der Waals surface area contributed by atoms with Gasteiger partial charge in [0, 0.05) is 12.3 Å². The fraction of sp³-hybridized carbons (Fsp3) is 0.471. The minimum Gasteiger partial charge on any atom is -0.290 e. The number of Topliss-reactive ketones (excluding diaryl/α,β-unsaturated/α-hetero) is 1. The summed E-state index contributed by atoms with van der Waals surface area (Å²) in [5.41, 5.74) is 1.02. The number of carbonyl (C=O) groups is 1. The van der Waals surface area contributed by atoms with Gasteiger partial charge in [-0.3, -0.25) is 4.79 Å². The topological polar surface area (TPSA) is 47.8 Å². The summed E-state index contributed by atoms with van der Waals surface area (Å²) in [6, 6.07) is 0.128. The molecule has 1 fully saturated rings. The minimum absolute atomic E-state index is 0.116. The van der Waals surface area contributed by atoms with E-state index < -0.39 is 0 Å². The fourth-order valence-electron chi connectivity index (χ4n) is 2.73. The van der Waals surface area contributed by atoms with Crippen LogP contribution >= 0.6 is 0 Å². The molecule has 1 aliphatic heterocycles. The summed E-state index contributed by atoms with van der Waals surface area (Å²) in [5.74, 6) is 1.62. The molecule has 4 heteroatoms. The predicted molar refractivity (Wildman–Crippen MR) is 82.1 cm³/mol. The molecule has 2 aliphatic rings. The second kappa shape index (κ2) is 5.80. The number of carbonyl (C=O) groups excluding carboxylic acids is 1. The normalized spacial score (nSPS) is 21.9. The lowest BCUT2D eigenvalue weighted by Gasteiger charge is -2.23. The zero-order valence-corrected chi connectivity index (χ0v) is 12.5. The molecule has 110 valence electrons. The number of hydrogen-bond acceptors (Lipinski definition) is 3. The third-order valence-electron chi connectivity index (χ3n) is 4.09. The molecular formula is C17H21N3O. The van der Waals surface area contributed by atoms with Crippen molar-refractivity contribution in [2.45, 2.75) is 45.1 Å². The van der Waals surface area contributed by atoms with Crippen molar-refractivity contribution in [1.82, 2.24) is 14.8 Å². The van der Waals surface area contributed by atoms with Gasteiger partial charge in [-0.1, -0.05) is 30.9 Å². The number of allylic oxidation sites excluding steroid dienone is 5. The van der Waals surface area contributed by atoms with Gasteiger partial charge in [0.2, 0.25) is 11.6 Å². The number of hydrogen-bond donors (Lipinski definition) is 0. The van der Waals surface area contributed by atoms with E-state index in [4.69, 9.17) is 0 Å². The van der Waals surface area contributed by atoms with Gasteiger partial charge in [-0.2, -0.15) is 0 Å². The average Bonchev–Trinajstić information content (AvgIpc) is 3.24. The van der Waals surface area contributed by atoms with Gasteiger partial charge >= 0.3 is 0 Å². The van der Waals surface area contributed by atoms with Crippen molar-refractivity contribution < 1.29 is 4.79 Å². The predicted octanol–water partition coefficient (Wildman–Crippen LogP) is 3.44. The molecule has 0 unspecified atom stereocenters. The Morgan fingerprint density at radius 1 is 1.33 bits per heavy atom. The highest BCUT2D eigenvalue weighted by atomic mass is 16.1. The van der Waals surface area contributed by atoms with Crippen LogP contribution in [0.2, 0.25) is 0 Å². The monoisotopic (exact) mass is 283 g/mol. The minimum atomic E-state index is 0.116. The first-order valence-electron chi connectivity index (χ1n) is 7.68. The second-order valence-electron chi connectivity index (χ2n) is 5.80. The third-order valence-corrected chi connectivity index (χ3v) is 4.09. The molecule has 0 aromatic carbocycles. The van der Waals surface area contributed by atoms with Crippen LogP contribution in [0.1, 0.15) is 55.1 Å². The Hall–Kier alpha value is -1.97. The first-order chi connectivity index (χ1) is 10.2. The van der Waals surface area contributed by atoms with Crippen LogP contribution in [0.15, 0.2) is 36.5 Å². The van der Waals surface area contributed by atoms with Crippen LogP contribution < -0.4 is 0 Å². The van der Waals surface area contributed by atoms with Crippen LogP contribution in [0.4, 0.5) is 0 Å². The number of rotatable bonds is 5. The molecule has 1 atom stereocenters. The molecule has 0 N–H and O–H groups in total. The van der Waals surface area contributed by atoms with Crippen molar-refractivity contribution in [2.75, 3.05) is 0 Å². The van der Waals surface area contributed by atoms with Crippen molar-refractivity contribution >= 4 is 5.78 Å². The summed E-state index contributed by atoms with van der Waals surface area (Å²) < 4.78 is 1.92. The summed E-state index contributed by atoms with van der Waals surface area (Å²) in [5, 5.41) is 4.49. The zero-order chi connectivity index (χ0) is 14.8. The van der Waals surface area contributed by atoms with E-state index in [9.17, 15) is 4.79 Å². The van der Waals surface area contributed by atoms with Crippen molar-refractivity contribution in [3.8, 4) is 0 Å². The Morgan fingerprint density at radius 3 is 2.86 bits per heavy atom. The molecule has 2 heterocycles. The maximum Gasteiger partial charge on any atom is 0.217 e. The maximum atomic E-state index is 12.1. The van der Waals surface area contributed by atoms with Crippen molar-refractivity contribution in [3.05, 3.63) is 48.1 Å². The van der Waals surface area contributed by atoms with Crippen LogP contribution in [0.3, 0.4) is 0 Å².